The van der Waals surface area contributed by atoms with Crippen molar-refractivity contribution in [2.45, 2.75) is 58.4 Å². The van der Waals surface area contributed by atoms with Gasteiger partial charge in [-0.1, -0.05) is 6.07 Å². The minimum atomic E-state index is -0.543. The first-order chi connectivity index (χ1) is 20.5. The lowest BCUT2D eigenvalue weighted by atomic mass is 10.1. The SMILES string of the molecule is COCCNC(=O)c1cc(CN2CCN(C(=O)OC(C)(C)C)C[C@H]2C)ccc1NC(=O)c1csc(N2CC[C@H](OC)C2)n1. The van der Waals surface area contributed by atoms with Crippen LogP contribution in [0.5, 0.6) is 0 Å². The van der Waals surface area contributed by atoms with Gasteiger partial charge in [-0.05, 0) is 51.8 Å². The summed E-state index contributed by atoms with van der Waals surface area (Å²) >= 11 is 1.42. The fourth-order valence-electron chi connectivity index (χ4n) is 5.10. The number of anilines is 2. The van der Waals surface area contributed by atoms with Crippen LogP contribution < -0.4 is 15.5 Å². The Morgan fingerprint density at radius 2 is 1.88 bits per heavy atom. The predicted octanol–water partition coefficient (Wildman–Crippen LogP) is 3.44. The van der Waals surface area contributed by atoms with Gasteiger partial charge >= 0.3 is 6.09 Å². The van der Waals surface area contributed by atoms with E-state index in [2.05, 4.69) is 32.3 Å². The van der Waals surface area contributed by atoms with Crippen LogP contribution in [0.3, 0.4) is 0 Å². The summed E-state index contributed by atoms with van der Waals surface area (Å²) in [6.07, 6.45) is 0.778. The summed E-state index contributed by atoms with van der Waals surface area (Å²) in [4.78, 5) is 49.7. The van der Waals surface area contributed by atoms with Crippen molar-refractivity contribution in [1.29, 1.82) is 0 Å². The summed E-state index contributed by atoms with van der Waals surface area (Å²) in [6, 6.07) is 5.58. The Labute approximate surface area is 257 Å². The first-order valence-electron chi connectivity index (χ1n) is 14.6. The lowest BCUT2D eigenvalue weighted by molar-refractivity contribution is 0.00459. The van der Waals surface area contributed by atoms with Gasteiger partial charge in [0, 0.05) is 71.5 Å². The lowest BCUT2D eigenvalue weighted by Gasteiger charge is -2.40. The van der Waals surface area contributed by atoms with Crippen molar-refractivity contribution in [3.05, 3.63) is 40.4 Å². The number of nitrogens with zero attached hydrogens (tertiary/aromatic N) is 4. The Morgan fingerprint density at radius 3 is 2.56 bits per heavy atom. The number of hydrogen-bond donors (Lipinski definition) is 2. The standard InChI is InChI=1S/C30H44N6O6S/c1-20-16-36(29(39)42-30(2,3)4)13-12-34(20)17-21-7-8-24(23(15-21)26(37)31-10-14-40-5)32-27(38)25-19-43-28(33-25)35-11-9-22(18-35)41-6/h7-8,15,19-20,22H,9-14,16-18H2,1-6H3,(H,31,37)(H,32,38)/t20-,22+/m1/s1. The third-order valence-corrected chi connectivity index (χ3v) is 8.35. The van der Waals surface area contributed by atoms with E-state index in [1.54, 1.807) is 30.6 Å². The molecule has 2 aliphatic heterocycles. The van der Waals surface area contributed by atoms with Crippen LogP contribution in [0.4, 0.5) is 15.6 Å². The molecule has 3 amide bonds. The summed E-state index contributed by atoms with van der Waals surface area (Å²) in [5, 5.41) is 8.27. The Morgan fingerprint density at radius 1 is 1.09 bits per heavy atom. The van der Waals surface area contributed by atoms with Gasteiger partial charge in [0.05, 0.1) is 24.0 Å². The molecule has 2 saturated heterocycles. The van der Waals surface area contributed by atoms with Crippen LogP contribution in [0.15, 0.2) is 23.6 Å². The van der Waals surface area contributed by atoms with Crippen LogP contribution >= 0.6 is 11.3 Å². The number of nitrogens with one attached hydrogen (secondary N) is 2. The molecule has 1 aromatic heterocycles. The Balaban J connectivity index is 1.45. The quantitative estimate of drug-likeness (QED) is 0.386. The molecule has 2 fully saturated rings. The Hall–Kier alpha value is -3.26. The highest BCUT2D eigenvalue weighted by atomic mass is 32.1. The highest BCUT2D eigenvalue weighted by molar-refractivity contribution is 7.14. The van der Waals surface area contributed by atoms with Gasteiger partial charge in [-0.2, -0.15) is 0 Å². The average molecular weight is 617 g/mol. The number of carbonyl (C=O) groups excluding carboxylic acids is 3. The largest absolute Gasteiger partial charge is 0.444 e. The molecular weight excluding hydrogens is 572 g/mol. The second kappa shape index (κ2) is 14.5. The molecule has 0 radical (unpaired) electrons. The van der Waals surface area contributed by atoms with Crippen LogP contribution in [0.25, 0.3) is 0 Å². The van der Waals surface area contributed by atoms with E-state index in [4.69, 9.17) is 14.2 Å². The second-order valence-electron chi connectivity index (χ2n) is 11.9. The smallest absolute Gasteiger partial charge is 0.410 e. The molecule has 0 bridgehead atoms. The number of benzene rings is 1. The molecule has 12 nitrogen and oxygen atoms in total. The van der Waals surface area contributed by atoms with Crippen molar-refractivity contribution in [3.63, 3.8) is 0 Å². The number of carbonyl (C=O) groups is 3. The summed E-state index contributed by atoms with van der Waals surface area (Å²) in [7, 11) is 3.28. The maximum atomic E-state index is 13.2. The molecule has 236 valence electrons. The van der Waals surface area contributed by atoms with Gasteiger partial charge < -0.3 is 34.6 Å². The molecular formula is C30H44N6O6S. The van der Waals surface area contributed by atoms with Crippen LogP contribution in [-0.4, -0.2) is 111 Å². The molecule has 4 rings (SSSR count). The Bertz CT molecular complexity index is 1280. The highest BCUT2D eigenvalue weighted by Gasteiger charge is 2.30. The molecule has 0 saturated carbocycles. The van der Waals surface area contributed by atoms with Crippen LogP contribution in [0.2, 0.25) is 0 Å². The molecule has 1 aromatic carbocycles. The number of methoxy groups -OCH3 is 2. The second-order valence-corrected chi connectivity index (χ2v) is 12.8. The van der Waals surface area contributed by atoms with Gasteiger partial charge in [0.15, 0.2) is 5.13 Å². The van der Waals surface area contributed by atoms with Crippen molar-refractivity contribution in [2.75, 3.05) is 70.3 Å². The Kier molecular flexibility index (Phi) is 11.0. The van der Waals surface area contributed by atoms with Gasteiger partial charge in [0.25, 0.3) is 11.8 Å². The average Bonchev–Trinajstić information content (AvgIpc) is 3.64. The van der Waals surface area contributed by atoms with E-state index in [0.29, 0.717) is 56.3 Å². The number of hydrogen-bond acceptors (Lipinski definition) is 10. The van der Waals surface area contributed by atoms with E-state index >= 15 is 0 Å². The molecule has 2 atom stereocenters. The normalized spacial score (nSPS) is 19.4. The lowest BCUT2D eigenvalue weighted by Crippen LogP contribution is -2.54. The molecule has 2 aromatic rings. The van der Waals surface area contributed by atoms with E-state index in [9.17, 15) is 14.4 Å². The van der Waals surface area contributed by atoms with E-state index in [-0.39, 0.29) is 30.1 Å². The number of thiazole rings is 1. The number of rotatable bonds is 10. The summed E-state index contributed by atoms with van der Waals surface area (Å²) in [5.74, 6) is -0.686. The molecule has 13 heteroatoms. The summed E-state index contributed by atoms with van der Waals surface area (Å²) in [5.41, 5.74) is 1.44. The first kappa shape index (κ1) is 32.6. The maximum absolute atomic E-state index is 13.2. The molecule has 3 heterocycles. The highest BCUT2D eigenvalue weighted by Crippen LogP contribution is 2.27. The molecule has 0 spiro atoms. The third-order valence-electron chi connectivity index (χ3n) is 7.44. The van der Waals surface area contributed by atoms with Crippen LogP contribution in [-0.2, 0) is 20.8 Å². The molecule has 2 aliphatic rings. The molecule has 0 aliphatic carbocycles. The zero-order chi connectivity index (χ0) is 31.1. The number of aromatic nitrogens is 1. The number of ether oxygens (including phenoxy) is 3. The minimum absolute atomic E-state index is 0.0910. The third kappa shape index (κ3) is 8.88. The topological polar surface area (TPSA) is 126 Å². The van der Waals surface area contributed by atoms with Crippen molar-refractivity contribution in [1.82, 2.24) is 20.1 Å². The van der Waals surface area contributed by atoms with E-state index in [1.165, 1.54) is 11.3 Å². The number of amides is 3. The van der Waals surface area contributed by atoms with Crippen molar-refractivity contribution >= 4 is 40.1 Å². The van der Waals surface area contributed by atoms with Gasteiger partial charge in [0.1, 0.15) is 11.3 Å². The van der Waals surface area contributed by atoms with E-state index in [1.807, 2.05) is 32.9 Å². The molecule has 43 heavy (non-hydrogen) atoms. The first-order valence-corrected chi connectivity index (χ1v) is 15.5. The van der Waals surface area contributed by atoms with Crippen molar-refractivity contribution in [2.24, 2.45) is 0 Å². The van der Waals surface area contributed by atoms with Gasteiger partial charge in [0.2, 0.25) is 0 Å². The van der Waals surface area contributed by atoms with Crippen LogP contribution in [0, 0.1) is 0 Å². The number of piperazine rings is 1. The summed E-state index contributed by atoms with van der Waals surface area (Å²) < 4.78 is 16.1. The van der Waals surface area contributed by atoms with Crippen molar-refractivity contribution in [3.8, 4) is 0 Å². The van der Waals surface area contributed by atoms with Gasteiger partial charge in [-0.25, -0.2) is 9.78 Å². The fourth-order valence-corrected chi connectivity index (χ4v) is 5.94. The predicted molar refractivity (Wildman–Crippen MR) is 166 cm³/mol. The molecule has 0 unspecified atom stereocenters. The van der Waals surface area contributed by atoms with E-state index < -0.39 is 5.60 Å². The minimum Gasteiger partial charge on any atom is -0.444 e. The zero-order valence-electron chi connectivity index (χ0n) is 26.0. The van der Waals surface area contributed by atoms with Crippen molar-refractivity contribution < 1.29 is 28.6 Å². The van der Waals surface area contributed by atoms with Gasteiger partial charge in [-0.15, -0.1) is 11.3 Å². The monoisotopic (exact) mass is 616 g/mol. The zero-order valence-corrected chi connectivity index (χ0v) is 26.8. The molecule has 2 N–H and O–H groups in total. The van der Waals surface area contributed by atoms with Crippen LogP contribution in [0.1, 0.15) is 60.5 Å². The van der Waals surface area contributed by atoms with E-state index in [0.717, 1.165) is 30.2 Å². The van der Waals surface area contributed by atoms with Gasteiger partial charge in [-0.3, -0.25) is 14.5 Å². The maximum Gasteiger partial charge on any atom is 0.410 e. The fraction of sp³-hybridized carbons (Fsp3) is 0.600. The summed E-state index contributed by atoms with van der Waals surface area (Å²) in [6.45, 7) is 12.3.